The Morgan fingerprint density at radius 3 is 2.33 bits per heavy atom. The lowest BCUT2D eigenvalue weighted by Crippen LogP contribution is -2.27. The molecule has 6 nitrogen and oxygen atoms in total. The SMILES string of the molecule is CNC(C)c1ccc(S(=O)(=O)NC(C)c2ncc[nH]2)cc1. The van der Waals surface area contributed by atoms with Gasteiger partial charge in [0.25, 0.3) is 0 Å². The highest BCUT2D eigenvalue weighted by Gasteiger charge is 2.19. The van der Waals surface area contributed by atoms with Crippen molar-refractivity contribution in [2.75, 3.05) is 7.05 Å². The maximum absolute atomic E-state index is 12.3. The third-order valence-electron chi connectivity index (χ3n) is 3.38. The number of hydrogen-bond acceptors (Lipinski definition) is 4. The Hall–Kier alpha value is -1.70. The molecule has 1 aromatic carbocycles. The van der Waals surface area contributed by atoms with E-state index >= 15 is 0 Å². The zero-order valence-electron chi connectivity index (χ0n) is 12.3. The van der Waals surface area contributed by atoms with Crippen LogP contribution in [0.5, 0.6) is 0 Å². The van der Waals surface area contributed by atoms with Crippen molar-refractivity contribution in [1.82, 2.24) is 20.0 Å². The Kier molecular flexibility index (Phi) is 4.76. The predicted molar refractivity (Wildman–Crippen MR) is 81.2 cm³/mol. The molecule has 1 heterocycles. The Balaban J connectivity index is 2.16. The minimum atomic E-state index is -3.57. The predicted octanol–water partition coefficient (Wildman–Crippen LogP) is 1.73. The van der Waals surface area contributed by atoms with Crippen LogP contribution in [0.1, 0.15) is 37.3 Å². The van der Waals surface area contributed by atoms with E-state index in [1.807, 2.05) is 26.1 Å². The van der Waals surface area contributed by atoms with Crippen LogP contribution in [0.4, 0.5) is 0 Å². The first-order valence-electron chi connectivity index (χ1n) is 6.73. The Bertz CT molecular complexity index is 666. The highest BCUT2D eigenvalue weighted by molar-refractivity contribution is 7.89. The standard InChI is InChI=1S/C14H20N4O2S/c1-10(15-3)12-4-6-13(7-5-12)21(19,20)18-11(2)14-16-8-9-17-14/h4-11,15,18H,1-3H3,(H,16,17). The number of aromatic nitrogens is 2. The van der Waals surface area contributed by atoms with Gasteiger partial charge in [0.15, 0.2) is 0 Å². The van der Waals surface area contributed by atoms with Crippen molar-refractivity contribution in [1.29, 1.82) is 0 Å². The lowest BCUT2D eigenvalue weighted by atomic mass is 10.1. The minimum absolute atomic E-state index is 0.178. The summed E-state index contributed by atoms with van der Waals surface area (Å²) >= 11 is 0. The smallest absolute Gasteiger partial charge is 0.241 e. The topological polar surface area (TPSA) is 86.9 Å². The third-order valence-corrected chi connectivity index (χ3v) is 4.94. The summed E-state index contributed by atoms with van der Waals surface area (Å²) in [6, 6.07) is 6.61. The van der Waals surface area contributed by atoms with Crippen LogP contribution >= 0.6 is 0 Å². The van der Waals surface area contributed by atoms with Crippen molar-refractivity contribution in [2.24, 2.45) is 0 Å². The summed E-state index contributed by atoms with van der Waals surface area (Å²) in [5.41, 5.74) is 1.04. The fraction of sp³-hybridized carbons (Fsp3) is 0.357. The summed E-state index contributed by atoms with van der Waals surface area (Å²) in [7, 11) is -1.70. The van der Waals surface area contributed by atoms with Gasteiger partial charge in [-0.1, -0.05) is 12.1 Å². The van der Waals surface area contributed by atoms with Crippen molar-refractivity contribution in [3.63, 3.8) is 0 Å². The van der Waals surface area contributed by atoms with Crippen LogP contribution in [0.15, 0.2) is 41.6 Å². The zero-order chi connectivity index (χ0) is 15.5. The first kappa shape index (κ1) is 15.7. The number of benzene rings is 1. The maximum atomic E-state index is 12.3. The molecule has 2 atom stereocenters. The average molecular weight is 308 g/mol. The summed E-state index contributed by atoms with van der Waals surface area (Å²) in [6.07, 6.45) is 3.25. The van der Waals surface area contributed by atoms with Crippen LogP contribution < -0.4 is 10.0 Å². The van der Waals surface area contributed by atoms with E-state index in [9.17, 15) is 8.42 Å². The van der Waals surface area contributed by atoms with Gasteiger partial charge in [0.05, 0.1) is 10.9 Å². The van der Waals surface area contributed by atoms with Crippen molar-refractivity contribution >= 4 is 10.0 Å². The second-order valence-corrected chi connectivity index (χ2v) is 6.61. The van der Waals surface area contributed by atoms with Gasteiger partial charge in [0.2, 0.25) is 10.0 Å². The largest absolute Gasteiger partial charge is 0.347 e. The minimum Gasteiger partial charge on any atom is -0.347 e. The van der Waals surface area contributed by atoms with E-state index in [2.05, 4.69) is 20.0 Å². The molecule has 1 aromatic heterocycles. The number of aromatic amines is 1. The van der Waals surface area contributed by atoms with Crippen molar-refractivity contribution in [2.45, 2.75) is 30.8 Å². The van der Waals surface area contributed by atoms with Crippen molar-refractivity contribution < 1.29 is 8.42 Å². The van der Waals surface area contributed by atoms with Crippen molar-refractivity contribution in [3.05, 3.63) is 48.0 Å². The monoisotopic (exact) mass is 308 g/mol. The number of H-pyrrole nitrogens is 1. The molecule has 0 fully saturated rings. The molecular weight excluding hydrogens is 288 g/mol. The molecule has 0 aliphatic carbocycles. The fourth-order valence-electron chi connectivity index (χ4n) is 1.97. The van der Waals surface area contributed by atoms with Gasteiger partial charge >= 0.3 is 0 Å². The molecule has 0 saturated carbocycles. The molecule has 0 saturated heterocycles. The summed E-state index contributed by atoms with van der Waals surface area (Å²) in [4.78, 5) is 7.19. The van der Waals surface area contributed by atoms with Gasteiger partial charge < -0.3 is 10.3 Å². The number of nitrogens with zero attached hydrogens (tertiary/aromatic N) is 1. The molecule has 114 valence electrons. The Morgan fingerprint density at radius 1 is 1.14 bits per heavy atom. The van der Waals surface area contributed by atoms with Gasteiger partial charge in [-0.25, -0.2) is 18.1 Å². The highest BCUT2D eigenvalue weighted by Crippen LogP contribution is 2.17. The highest BCUT2D eigenvalue weighted by atomic mass is 32.2. The number of sulfonamides is 1. The molecule has 0 bridgehead atoms. The van der Waals surface area contributed by atoms with Crippen LogP contribution in [0.2, 0.25) is 0 Å². The van der Waals surface area contributed by atoms with E-state index in [0.717, 1.165) is 5.56 Å². The molecule has 3 N–H and O–H groups in total. The lowest BCUT2D eigenvalue weighted by Gasteiger charge is -2.14. The van der Waals surface area contributed by atoms with Crippen LogP contribution in [0.25, 0.3) is 0 Å². The fourth-order valence-corrected chi connectivity index (χ4v) is 3.18. The normalized spacial score (nSPS) is 14.8. The summed E-state index contributed by atoms with van der Waals surface area (Å²) < 4.78 is 27.2. The molecule has 7 heteroatoms. The molecule has 0 radical (unpaired) electrons. The Morgan fingerprint density at radius 2 is 1.81 bits per heavy atom. The molecule has 0 aliphatic rings. The van der Waals surface area contributed by atoms with Gasteiger partial charge in [-0.2, -0.15) is 0 Å². The molecule has 2 rings (SSSR count). The first-order valence-corrected chi connectivity index (χ1v) is 8.21. The molecule has 21 heavy (non-hydrogen) atoms. The van der Waals surface area contributed by atoms with Gasteiger partial charge in [-0.15, -0.1) is 0 Å². The van der Waals surface area contributed by atoms with Crippen molar-refractivity contribution in [3.8, 4) is 0 Å². The van der Waals surface area contributed by atoms with Crippen LogP contribution in [0, 0.1) is 0 Å². The number of nitrogens with one attached hydrogen (secondary N) is 3. The lowest BCUT2D eigenvalue weighted by molar-refractivity contribution is 0.561. The van der Waals surface area contributed by atoms with E-state index in [4.69, 9.17) is 0 Å². The van der Waals surface area contributed by atoms with E-state index in [1.165, 1.54) is 0 Å². The number of rotatable bonds is 6. The average Bonchev–Trinajstić information content (AvgIpc) is 3.00. The molecule has 0 spiro atoms. The van der Waals surface area contributed by atoms with E-state index in [0.29, 0.717) is 5.82 Å². The summed E-state index contributed by atoms with van der Waals surface area (Å²) in [5.74, 6) is 0.582. The summed E-state index contributed by atoms with van der Waals surface area (Å²) in [6.45, 7) is 3.76. The van der Waals surface area contributed by atoms with E-state index in [-0.39, 0.29) is 10.9 Å². The molecular formula is C14H20N4O2S. The Labute approximate surface area is 125 Å². The van der Waals surface area contributed by atoms with Crippen LogP contribution in [0.3, 0.4) is 0 Å². The second-order valence-electron chi connectivity index (χ2n) is 4.90. The summed E-state index contributed by atoms with van der Waals surface area (Å²) in [5, 5.41) is 3.11. The van der Waals surface area contributed by atoms with Gasteiger partial charge in [-0.05, 0) is 38.6 Å². The first-order chi connectivity index (χ1) is 9.94. The van der Waals surface area contributed by atoms with Crippen LogP contribution in [-0.4, -0.2) is 25.4 Å². The quantitative estimate of drug-likeness (QED) is 0.758. The van der Waals surface area contributed by atoms with Gasteiger partial charge in [0, 0.05) is 18.4 Å². The number of imidazole rings is 1. The zero-order valence-corrected chi connectivity index (χ0v) is 13.1. The second kappa shape index (κ2) is 6.38. The van der Waals surface area contributed by atoms with Crippen LogP contribution in [-0.2, 0) is 10.0 Å². The molecule has 2 aromatic rings. The molecule has 2 unspecified atom stereocenters. The van der Waals surface area contributed by atoms with E-state index in [1.54, 1.807) is 31.5 Å². The van der Waals surface area contributed by atoms with Gasteiger partial charge in [0.1, 0.15) is 5.82 Å². The molecule has 0 amide bonds. The number of hydrogen-bond donors (Lipinski definition) is 3. The van der Waals surface area contributed by atoms with E-state index < -0.39 is 16.1 Å². The molecule has 0 aliphatic heterocycles. The maximum Gasteiger partial charge on any atom is 0.241 e. The van der Waals surface area contributed by atoms with Gasteiger partial charge in [-0.3, -0.25) is 0 Å². The third kappa shape index (κ3) is 3.69.